The molecule has 0 N–H and O–H groups in total. The average molecular weight is 299 g/mol. The Bertz CT molecular complexity index is 462. The number of amides is 1. The van der Waals surface area contributed by atoms with Crippen LogP contribution in [-0.2, 0) is 19.1 Å². The summed E-state index contributed by atoms with van der Waals surface area (Å²) >= 11 is 1.22. The standard InChI is InChI=1S/C14H21NO4S/c1-6-15-9(16)8-20-12(15)10(13(18)19-7-2)11(17)14(3,4)5/h6-8H2,1-5H3/b12-10-. The number of Topliss-reactive ketones (excluding diaryl/α,β-unsaturated/α-hetero) is 1. The highest BCUT2D eigenvalue weighted by molar-refractivity contribution is 8.04. The SMILES string of the molecule is CCOC(=O)/C(C(=O)C(C)(C)C)=C1\SCC(=O)N1CC. The molecule has 1 saturated heterocycles. The van der Waals surface area contributed by atoms with Crippen molar-refractivity contribution >= 4 is 29.4 Å². The Hall–Kier alpha value is -1.30. The summed E-state index contributed by atoms with van der Waals surface area (Å²) in [5, 5.41) is 0.427. The van der Waals surface area contributed by atoms with Crippen LogP contribution < -0.4 is 0 Å². The lowest BCUT2D eigenvalue weighted by atomic mass is 9.86. The molecule has 0 bridgehead atoms. The number of nitrogens with zero attached hydrogens (tertiary/aromatic N) is 1. The first-order valence-corrected chi connectivity index (χ1v) is 7.61. The highest BCUT2D eigenvalue weighted by Gasteiger charge is 2.38. The second-order valence-electron chi connectivity index (χ2n) is 5.41. The van der Waals surface area contributed by atoms with Crippen LogP contribution in [0.5, 0.6) is 0 Å². The quantitative estimate of drug-likeness (QED) is 0.344. The van der Waals surface area contributed by atoms with Gasteiger partial charge < -0.3 is 9.64 Å². The third-order valence-electron chi connectivity index (χ3n) is 2.80. The van der Waals surface area contributed by atoms with Gasteiger partial charge in [-0.1, -0.05) is 32.5 Å². The van der Waals surface area contributed by atoms with Crippen LogP contribution in [0, 0.1) is 5.41 Å². The maximum absolute atomic E-state index is 12.5. The number of hydrogen-bond acceptors (Lipinski definition) is 5. The van der Waals surface area contributed by atoms with Crippen molar-refractivity contribution in [1.82, 2.24) is 4.90 Å². The molecule has 0 atom stereocenters. The number of thioether (sulfide) groups is 1. The zero-order valence-corrected chi connectivity index (χ0v) is 13.4. The molecule has 0 spiro atoms. The van der Waals surface area contributed by atoms with Crippen molar-refractivity contribution in [3.8, 4) is 0 Å². The highest BCUT2D eigenvalue weighted by atomic mass is 32.2. The predicted molar refractivity (Wildman–Crippen MR) is 78.0 cm³/mol. The van der Waals surface area contributed by atoms with E-state index >= 15 is 0 Å². The summed E-state index contributed by atoms with van der Waals surface area (Å²) in [4.78, 5) is 37.9. The summed E-state index contributed by atoms with van der Waals surface area (Å²) in [7, 11) is 0. The fourth-order valence-electron chi connectivity index (χ4n) is 1.78. The summed E-state index contributed by atoms with van der Waals surface area (Å²) in [6.07, 6.45) is 0. The van der Waals surface area contributed by atoms with Crippen LogP contribution in [0.3, 0.4) is 0 Å². The van der Waals surface area contributed by atoms with Crippen LogP contribution in [0.4, 0.5) is 0 Å². The zero-order chi connectivity index (χ0) is 15.5. The molecule has 6 heteroatoms. The van der Waals surface area contributed by atoms with Gasteiger partial charge in [0.2, 0.25) is 5.91 Å². The van der Waals surface area contributed by atoms with E-state index in [1.807, 2.05) is 6.92 Å². The number of esters is 1. The number of rotatable bonds is 4. The topological polar surface area (TPSA) is 63.7 Å². The highest BCUT2D eigenvalue weighted by Crippen LogP contribution is 2.35. The van der Waals surface area contributed by atoms with Crippen molar-refractivity contribution in [3.63, 3.8) is 0 Å². The molecule has 1 amide bonds. The number of carbonyl (C=O) groups excluding carboxylic acids is 3. The molecule has 0 radical (unpaired) electrons. The molecule has 112 valence electrons. The van der Waals surface area contributed by atoms with Crippen molar-refractivity contribution in [1.29, 1.82) is 0 Å². The van der Waals surface area contributed by atoms with E-state index in [-0.39, 0.29) is 29.6 Å². The average Bonchev–Trinajstić information content (AvgIpc) is 2.70. The molecule has 20 heavy (non-hydrogen) atoms. The van der Waals surface area contributed by atoms with Crippen molar-refractivity contribution < 1.29 is 19.1 Å². The number of hydrogen-bond donors (Lipinski definition) is 0. The van der Waals surface area contributed by atoms with Gasteiger partial charge >= 0.3 is 5.97 Å². The van der Waals surface area contributed by atoms with Gasteiger partial charge in [-0.3, -0.25) is 9.59 Å². The summed E-state index contributed by atoms with van der Waals surface area (Å²) in [5.41, 5.74) is -0.710. The second-order valence-corrected chi connectivity index (χ2v) is 6.37. The summed E-state index contributed by atoms with van der Waals surface area (Å²) in [6, 6.07) is 0. The third kappa shape index (κ3) is 3.42. The largest absolute Gasteiger partial charge is 0.462 e. The fourth-order valence-corrected chi connectivity index (χ4v) is 2.90. The van der Waals surface area contributed by atoms with E-state index in [9.17, 15) is 14.4 Å². The molecule has 1 aliphatic heterocycles. The van der Waals surface area contributed by atoms with Crippen LogP contribution in [0.25, 0.3) is 0 Å². The van der Waals surface area contributed by atoms with Crippen LogP contribution in [-0.4, -0.2) is 41.5 Å². The smallest absolute Gasteiger partial charge is 0.344 e. The Morgan fingerprint density at radius 3 is 2.35 bits per heavy atom. The molecule has 5 nitrogen and oxygen atoms in total. The maximum atomic E-state index is 12.5. The lowest BCUT2D eigenvalue weighted by molar-refractivity contribution is -0.141. The molecule has 0 aromatic rings. The van der Waals surface area contributed by atoms with Gasteiger partial charge in [0.15, 0.2) is 5.78 Å². The van der Waals surface area contributed by atoms with Crippen LogP contribution in [0.15, 0.2) is 10.6 Å². The van der Waals surface area contributed by atoms with Crippen molar-refractivity contribution in [2.24, 2.45) is 5.41 Å². The molecular formula is C14H21NO4S. The van der Waals surface area contributed by atoms with Crippen LogP contribution in [0.2, 0.25) is 0 Å². The van der Waals surface area contributed by atoms with Gasteiger partial charge in [0, 0.05) is 12.0 Å². The van der Waals surface area contributed by atoms with E-state index < -0.39 is 11.4 Å². The molecule has 0 aromatic heterocycles. The van der Waals surface area contributed by atoms with Crippen molar-refractivity contribution in [2.45, 2.75) is 34.6 Å². The van der Waals surface area contributed by atoms with E-state index in [0.29, 0.717) is 11.6 Å². The number of carbonyl (C=O) groups is 3. The fraction of sp³-hybridized carbons (Fsp3) is 0.643. The van der Waals surface area contributed by atoms with Gasteiger partial charge in [-0.15, -0.1) is 0 Å². The molecule has 1 heterocycles. The minimum atomic E-state index is -0.708. The Morgan fingerprint density at radius 1 is 1.30 bits per heavy atom. The third-order valence-corrected chi connectivity index (χ3v) is 3.89. The molecule has 1 aliphatic rings. The summed E-state index contributed by atoms with van der Waals surface area (Å²) in [6.45, 7) is 9.35. The molecule has 0 aromatic carbocycles. The van der Waals surface area contributed by atoms with Crippen LogP contribution in [0.1, 0.15) is 34.6 Å². The Kier molecular flexibility index (Phi) is 5.39. The molecule has 0 saturated carbocycles. The first kappa shape index (κ1) is 16.8. The normalized spacial score (nSPS) is 18.2. The summed E-state index contributed by atoms with van der Waals surface area (Å²) in [5.74, 6) is -0.783. The van der Waals surface area contributed by atoms with E-state index in [2.05, 4.69) is 0 Å². The van der Waals surface area contributed by atoms with Gasteiger partial charge in [0.05, 0.1) is 17.4 Å². The minimum Gasteiger partial charge on any atom is -0.462 e. The van der Waals surface area contributed by atoms with E-state index in [4.69, 9.17) is 4.74 Å². The molecule has 0 unspecified atom stereocenters. The lowest BCUT2D eigenvalue weighted by Gasteiger charge is -2.22. The van der Waals surface area contributed by atoms with E-state index in [1.54, 1.807) is 27.7 Å². The predicted octanol–water partition coefficient (Wildman–Crippen LogP) is 1.97. The zero-order valence-electron chi connectivity index (χ0n) is 12.6. The lowest BCUT2D eigenvalue weighted by Crippen LogP contribution is -2.32. The first-order chi connectivity index (χ1) is 9.23. The minimum absolute atomic E-state index is 0.00273. The molecule has 1 rings (SSSR count). The van der Waals surface area contributed by atoms with Gasteiger partial charge in [-0.25, -0.2) is 4.79 Å². The van der Waals surface area contributed by atoms with E-state index in [1.165, 1.54) is 16.7 Å². The number of ketones is 1. The maximum Gasteiger partial charge on any atom is 0.344 e. The summed E-state index contributed by atoms with van der Waals surface area (Å²) < 4.78 is 4.99. The molecule has 0 aliphatic carbocycles. The Labute approximate surface area is 123 Å². The van der Waals surface area contributed by atoms with Gasteiger partial charge in [-0.05, 0) is 13.8 Å². The number of ether oxygens (including phenoxy) is 1. The van der Waals surface area contributed by atoms with Crippen LogP contribution >= 0.6 is 11.8 Å². The monoisotopic (exact) mass is 299 g/mol. The Balaban J connectivity index is 3.34. The van der Waals surface area contributed by atoms with Crippen molar-refractivity contribution in [2.75, 3.05) is 18.9 Å². The van der Waals surface area contributed by atoms with E-state index in [0.717, 1.165) is 0 Å². The van der Waals surface area contributed by atoms with Gasteiger partial charge in [-0.2, -0.15) is 0 Å². The second kappa shape index (κ2) is 6.43. The van der Waals surface area contributed by atoms with Gasteiger partial charge in [0.25, 0.3) is 0 Å². The van der Waals surface area contributed by atoms with Crippen molar-refractivity contribution in [3.05, 3.63) is 10.6 Å². The molecular weight excluding hydrogens is 278 g/mol. The Morgan fingerprint density at radius 2 is 1.90 bits per heavy atom. The molecule has 1 fully saturated rings. The van der Waals surface area contributed by atoms with Gasteiger partial charge in [0.1, 0.15) is 5.57 Å². The first-order valence-electron chi connectivity index (χ1n) is 6.63.